The van der Waals surface area contributed by atoms with Crippen LogP contribution in [0.1, 0.15) is 47.0 Å². The second kappa shape index (κ2) is 13.4. The van der Waals surface area contributed by atoms with Crippen LogP contribution in [0.2, 0.25) is 26.2 Å². The smallest absolute Gasteiger partial charge is 0.161 e. The molecule has 0 aliphatic rings. The van der Waals surface area contributed by atoms with Crippen molar-refractivity contribution < 1.29 is 17.7 Å². The van der Waals surface area contributed by atoms with Gasteiger partial charge in [0.2, 0.25) is 0 Å². The van der Waals surface area contributed by atoms with Crippen molar-refractivity contribution in [2.75, 3.05) is 0 Å². The van der Waals surface area contributed by atoms with Gasteiger partial charge in [-0.1, -0.05) is 53.9 Å². The topological polar surface area (TPSA) is 60.7 Å². The Morgan fingerprint density at radius 1 is 0.808 bits per heavy atom. The second-order valence-corrected chi connectivity index (χ2v) is 11.5. The standard InChI is InChI=1S/C17H41NO4Si4/c1-16(2,14(19-23-5)20-24-6)11-9-13(10-12-18)17(3,4)15(21-25-7)22-26-8/h13-15H,9-11,23-26H2,1-8H3/t13-/m1/s1. The fraction of sp³-hybridized carbons (Fsp3) is 0.941. The average Bonchev–Trinajstić information content (AvgIpc) is 2.58. The van der Waals surface area contributed by atoms with Crippen LogP contribution in [-0.4, -0.2) is 51.6 Å². The van der Waals surface area contributed by atoms with Crippen LogP contribution in [0.15, 0.2) is 0 Å². The summed E-state index contributed by atoms with van der Waals surface area (Å²) in [4.78, 5) is 0. The van der Waals surface area contributed by atoms with E-state index in [4.69, 9.17) is 17.7 Å². The molecule has 0 saturated carbocycles. The van der Waals surface area contributed by atoms with Gasteiger partial charge in [-0.25, -0.2) is 0 Å². The minimum Gasteiger partial charge on any atom is -0.400 e. The summed E-state index contributed by atoms with van der Waals surface area (Å²) in [5.74, 6) is 0.233. The first kappa shape index (κ1) is 26.2. The van der Waals surface area contributed by atoms with E-state index in [0.29, 0.717) is 6.42 Å². The van der Waals surface area contributed by atoms with Crippen LogP contribution in [0.25, 0.3) is 0 Å². The van der Waals surface area contributed by atoms with Crippen LogP contribution in [-0.2, 0) is 17.7 Å². The third-order valence-electron chi connectivity index (χ3n) is 5.04. The Balaban J connectivity index is 5.22. The van der Waals surface area contributed by atoms with E-state index in [1.54, 1.807) is 0 Å². The highest BCUT2D eigenvalue weighted by Crippen LogP contribution is 2.41. The lowest BCUT2D eigenvalue weighted by Crippen LogP contribution is -2.42. The Kier molecular flexibility index (Phi) is 13.5. The zero-order valence-electron chi connectivity index (χ0n) is 18.3. The average molecular weight is 436 g/mol. The lowest BCUT2D eigenvalue weighted by molar-refractivity contribution is -0.114. The second-order valence-electron chi connectivity index (χ2n) is 7.89. The molecular formula is C17H41NO4Si4. The summed E-state index contributed by atoms with van der Waals surface area (Å²) < 4.78 is 24.1. The predicted molar refractivity (Wildman–Crippen MR) is 120 cm³/mol. The van der Waals surface area contributed by atoms with E-state index in [-0.39, 0.29) is 29.3 Å². The van der Waals surface area contributed by atoms with Crippen molar-refractivity contribution in [3.8, 4) is 6.07 Å². The molecule has 0 fully saturated rings. The lowest BCUT2D eigenvalue weighted by Gasteiger charge is -2.42. The largest absolute Gasteiger partial charge is 0.400 e. The molecule has 0 aliphatic carbocycles. The van der Waals surface area contributed by atoms with E-state index in [2.05, 4.69) is 60.0 Å². The van der Waals surface area contributed by atoms with Crippen LogP contribution in [0.5, 0.6) is 0 Å². The fourth-order valence-electron chi connectivity index (χ4n) is 3.29. The molecule has 0 aromatic heterocycles. The number of nitriles is 1. The van der Waals surface area contributed by atoms with Gasteiger partial charge >= 0.3 is 0 Å². The third-order valence-corrected chi connectivity index (χ3v) is 7.59. The van der Waals surface area contributed by atoms with Gasteiger partial charge in [0.05, 0.1) is 6.07 Å². The van der Waals surface area contributed by atoms with Crippen molar-refractivity contribution in [1.29, 1.82) is 5.26 Å². The number of nitrogens with zero attached hydrogens (tertiary/aromatic N) is 1. The van der Waals surface area contributed by atoms with E-state index in [0.717, 1.165) is 12.8 Å². The molecule has 0 radical (unpaired) electrons. The summed E-state index contributed by atoms with van der Waals surface area (Å²) in [6.07, 6.45) is 2.17. The summed E-state index contributed by atoms with van der Waals surface area (Å²) in [5.41, 5.74) is -0.222. The first-order valence-corrected chi connectivity index (χ1v) is 18.0. The van der Waals surface area contributed by atoms with E-state index in [1.807, 2.05) is 0 Å². The molecule has 0 amide bonds. The maximum atomic E-state index is 9.40. The van der Waals surface area contributed by atoms with Gasteiger partial charge in [-0.05, 0) is 18.8 Å². The first-order chi connectivity index (χ1) is 12.2. The molecule has 5 nitrogen and oxygen atoms in total. The van der Waals surface area contributed by atoms with Gasteiger partial charge in [0.1, 0.15) is 12.6 Å². The van der Waals surface area contributed by atoms with E-state index >= 15 is 0 Å². The Hall–Kier alpha value is 0.198. The monoisotopic (exact) mass is 435 g/mol. The molecule has 26 heavy (non-hydrogen) atoms. The Morgan fingerprint density at radius 2 is 1.23 bits per heavy atom. The molecule has 9 heteroatoms. The highest BCUT2D eigenvalue weighted by Gasteiger charge is 2.40. The normalized spacial score (nSPS) is 18.0. The maximum Gasteiger partial charge on any atom is 0.161 e. The number of rotatable bonds is 15. The van der Waals surface area contributed by atoms with Gasteiger partial charge in [0, 0.05) is 17.3 Å². The molecule has 0 heterocycles. The fourth-order valence-corrected chi connectivity index (χ4v) is 7.03. The zero-order chi connectivity index (χ0) is 20.2. The summed E-state index contributed by atoms with van der Waals surface area (Å²) in [6, 6.07) is 2.39. The molecule has 0 aromatic carbocycles. The van der Waals surface area contributed by atoms with Crippen molar-refractivity contribution in [2.45, 2.75) is 85.7 Å². The molecule has 0 bridgehead atoms. The highest BCUT2D eigenvalue weighted by atomic mass is 28.2. The molecular weight excluding hydrogens is 395 g/mol. The molecule has 0 aliphatic heterocycles. The third kappa shape index (κ3) is 8.47. The van der Waals surface area contributed by atoms with Gasteiger partial charge < -0.3 is 17.7 Å². The molecule has 1 atom stereocenters. The Morgan fingerprint density at radius 3 is 1.62 bits per heavy atom. The SMILES string of the molecule is C[SiH2]OC(O[SiH2]C)C(C)(C)CC[C@H](CC#N)C(C)(C)C(O[SiH2]C)O[SiH2]C. The number of hydrogen-bond acceptors (Lipinski definition) is 5. The molecule has 0 rings (SSSR count). The molecule has 154 valence electrons. The van der Waals surface area contributed by atoms with Crippen molar-refractivity contribution in [3.05, 3.63) is 0 Å². The number of hydrogen-bond donors (Lipinski definition) is 0. The molecule has 0 aromatic rings. The van der Waals surface area contributed by atoms with Crippen LogP contribution in [0, 0.1) is 28.1 Å². The summed E-state index contributed by atoms with van der Waals surface area (Å²) in [5, 5.41) is 9.40. The van der Waals surface area contributed by atoms with Crippen LogP contribution in [0.3, 0.4) is 0 Å². The van der Waals surface area contributed by atoms with Gasteiger partial charge in [0.15, 0.2) is 39.1 Å². The minimum absolute atomic E-state index is 0.0496. The van der Waals surface area contributed by atoms with Gasteiger partial charge in [-0.15, -0.1) is 0 Å². The summed E-state index contributed by atoms with van der Waals surface area (Å²) in [7, 11) is -2.17. The zero-order valence-corrected chi connectivity index (χ0v) is 23.9. The Bertz CT molecular complexity index is 406. The van der Waals surface area contributed by atoms with E-state index in [1.165, 1.54) is 0 Å². The van der Waals surface area contributed by atoms with Crippen LogP contribution >= 0.6 is 0 Å². The quantitative estimate of drug-likeness (QED) is 0.289. The molecule has 0 spiro atoms. The highest BCUT2D eigenvalue weighted by molar-refractivity contribution is 6.26. The summed E-state index contributed by atoms with van der Waals surface area (Å²) in [6.45, 7) is 17.4. The maximum absolute atomic E-state index is 9.40. The van der Waals surface area contributed by atoms with Crippen molar-refractivity contribution in [1.82, 2.24) is 0 Å². The molecule has 0 N–H and O–H groups in total. The van der Waals surface area contributed by atoms with Crippen molar-refractivity contribution in [3.63, 3.8) is 0 Å². The molecule has 0 unspecified atom stereocenters. The van der Waals surface area contributed by atoms with E-state index < -0.39 is 39.1 Å². The van der Waals surface area contributed by atoms with Gasteiger partial charge in [-0.2, -0.15) is 5.26 Å². The first-order valence-electron chi connectivity index (χ1n) is 10.0. The Labute approximate surface area is 170 Å². The summed E-state index contributed by atoms with van der Waals surface area (Å²) >= 11 is 0. The van der Waals surface area contributed by atoms with Crippen molar-refractivity contribution in [2.24, 2.45) is 16.7 Å². The van der Waals surface area contributed by atoms with Crippen molar-refractivity contribution >= 4 is 39.1 Å². The van der Waals surface area contributed by atoms with Gasteiger partial charge in [-0.3, -0.25) is 0 Å². The van der Waals surface area contributed by atoms with E-state index in [9.17, 15) is 5.26 Å². The van der Waals surface area contributed by atoms with Crippen LogP contribution in [0.4, 0.5) is 0 Å². The molecule has 0 saturated heterocycles. The van der Waals surface area contributed by atoms with Crippen LogP contribution < -0.4 is 0 Å². The van der Waals surface area contributed by atoms with Gasteiger partial charge in [0.25, 0.3) is 0 Å². The lowest BCUT2D eigenvalue weighted by atomic mass is 9.71. The predicted octanol–water partition coefficient (Wildman–Crippen LogP) is 1.60. The minimum atomic E-state index is -0.564.